The van der Waals surface area contributed by atoms with Crippen molar-refractivity contribution >= 4 is 90.9 Å². The number of hydrogen-bond acceptors (Lipinski definition) is 10. The van der Waals surface area contributed by atoms with E-state index in [1.807, 2.05) is 60.7 Å². The largest absolute Gasteiger partial charge is 0.206 e. The van der Waals surface area contributed by atoms with E-state index in [0.717, 1.165) is 189 Å². The van der Waals surface area contributed by atoms with Crippen LogP contribution in [0.2, 0.25) is 0 Å². The molecule has 0 saturated carbocycles. The minimum atomic E-state index is -0.205. The normalized spacial score (nSPS) is 12.5. The number of benzene rings is 6. The number of hydrogen-bond donors (Lipinski definition) is 0. The van der Waals surface area contributed by atoms with Gasteiger partial charge >= 0.3 is 0 Å². The van der Waals surface area contributed by atoms with Gasteiger partial charge in [0.1, 0.15) is 45.3 Å². The molecule has 6 aromatic heterocycles. The summed E-state index contributed by atoms with van der Waals surface area (Å²) in [5.74, 6) is 0.615. The predicted octanol–water partition coefficient (Wildman–Crippen LogP) is 26.6. The molecule has 93 heavy (non-hydrogen) atoms. The zero-order chi connectivity index (χ0) is 64.2. The standard InChI is InChI=1S/C79H80F4N4S6/c1-5-9-18-50(7-3)22-24-54-28-32-58(66(82)48-54)70-40-44-74(90-70)62-36-34-60(76-78(62)86-92-84-76)72-42-38-68(88-72)56-30-26-52(46-64(56)80)20-16-14-12-11-13-15-17-21-53-27-31-57(65(81)47-53)69-39-43-73(89-69)61-35-37-63(79-77(61)85-93-87-79)75-45-41-71(91-75)59-33-29-55(49-67(59)83)25-23-51(8-4)19-10-6-2/h26-51H,5-25H2,1-4H3. The molecule has 2 atom stereocenters. The van der Waals surface area contributed by atoms with Crippen molar-refractivity contribution in [3.05, 3.63) is 191 Å². The average Bonchev–Trinajstić information content (AvgIpc) is 1.66. The predicted molar refractivity (Wildman–Crippen MR) is 393 cm³/mol. The van der Waals surface area contributed by atoms with E-state index in [0.29, 0.717) is 34.1 Å². The lowest BCUT2D eigenvalue weighted by molar-refractivity contribution is 0.421. The number of aromatic nitrogens is 4. The van der Waals surface area contributed by atoms with E-state index >= 15 is 17.6 Å². The highest BCUT2D eigenvalue weighted by Crippen LogP contribution is 2.46. The second kappa shape index (κ2) is 31.8. The fraction of sp³-hybridized carbons (Fsp3) is 0.342. The van der Waals surface area contributed by atoms with Gasteiger partial charge in [0.2, 0.25) is 0 Å². The van der Waals surface area contributed by atoms with Crippen LogP contribution >= 0.6 is 68.8 Å². The van der Waals surface area contributed by atoms with E-state index in [1.165, 1.54) is 74.8 Å². The summed E-state index contributed by atoms with van der Waals surface area (Å²) in [6.07, 6.45) is 23.1. The molecule has 0 bridgehead atoms. The van der Waals surface area contributed by atoms with Gasteiger partial charge in [-0.15, -0.1) is 45.3 Å². The Hall–Kier alpha value is -6.52. The third-order valence-electron chi connectivity index (χ3n) is 18.7. The molecule has 0 aliphatic carbocycles. The lowest BCUT2D eigenvalue weighted by Crippen LogP contribution is -2.01. The number of rotatable bonds is 32. The molecular formula is C79H80F4N4S6. The van der Waals surface area contributed by atoms with E-state index < -0.39 is 0 Å². The van der Waals surface area contributed by atoms with E-state index in [4.69, 9.17) is 17.5 Å². The first-order valence-corrected chi connectivity index (χ1v) is 38.3. The summed E-state index contributed by atoms with van der Waals surface area (Å²) in [6.45, 7) is 9.00. The molecule has 2 unspecified atom stereocenters. The Bertz CT molecular complexity index is 4170. The van der Waals surface area contributed by atoms with Crippen molar-refractivity contribution in [1.29, 1.82) is 0 Å². The van der Waals surface area contributed by atoms with Crippen molar-refractivity contribution in [2.45, 2.75) is 163 Å². The highest BCUT2D eigenvalue weighted by molar-refractivity contribution is 7.20. The van der Waals surface area contributed by atoms with Crippen LogP contribution in [0, 0.1) is 35.1 Å². The molecule has 4 nitrogen and oxygen atoms in total. The Morgan fingerprint density at radius 3 is 0.785 bits per heavy atom. The summed E-state index contributed by atoms with van der Waals surface area (Å²) in [4.78, 5) is 7.54. The van der Waals surface area contributed by atoms with Gasteiger partial charge in [-0.05, 0) is 158 Å². The maximum Gasteiger partial charge on any atom is 0.132 e. The number of aryl methyl sites for hydroxylation is 4. The summed E-state index contributed by atoms with van der Waals surface area (Å²) >= 11 is 8.62. The topological polar surface area (TPSA) is 51.6 Å². The summed E-state index contributed by atoms with van der Waals surface area (Å²) in [5, 5.41) is 0. The smallest absolute Gasteiger partial charge is 0.132 e. The van der Waals surface area contributed by atoms with E-state index in [1.54, 1.807) is 69.6 Å². The van der Waals surface area contributed by atoms with E-state index in [9.17, 15) is 0 Å². The van der Waals surface area contributed by atoms with Crippen molar-refractivity contribution in [1.82, 2.24) is 17.5 Å². The van der Waals surface area contributed by atoms with Gasteiger partial charge in [0, 0.05) is 83.5 Å². The quantitative estimate of drug-likeness (QED) is 0.0311. The first-order valence-electron chi connectivity index (χ1n) is 33.6. The van der Waals surface area contributed by atoms with E-state index in [2.05, 4.69) is 88.4 Å². The van der Waals surface area contributed by atoms with Crippen LogP contribution in [0.25, 0.3) is 106 Å². The molecule has 0 N–H and O–H groups in total. The Morgan fingerprint density at radius 1 is 0.280 bits per heavy atom. The fourth-order valence-electron chi connectivity index (χ4n) is 13.1. The first-order chi connectivity index (χ1) is 45.6. The highest BCUT2D eigenvalue weighted by atomic mass is 32.1. The second-order valence-corrected chi connectivity index (χ2v) is 30.4. The minimum Gasteiger partial charge on any atom is -0.206 e. The van der Waals surface area contributed by atoms with Crippen LogP contribution in [0.1, 0.15) is 159 Å². The zero-order valence-corrected chi connectivity index (χ0v) is 58.5. The maximum atomic E-state index is 15.8. The molecular weight excluding hydrogens is 1270 g/mol. The molecule has 12 aromatic rings. The molecule has 0 aliphatic heterocycles. The molecule has 12 rings (SSSR count). The number of halogens is 4. The zero-order valence-electron chi connectivity index (χ0n) is 53.6. The van der Waals surface area contributed by atoms with Crippen LogP contribution < -0.4 is 0 Å². The van der Waals surface area contributed by atoms with Crippen molar-refractivity contribution < 1.29 is 17.6 Å². The minimum absolute atomic E-state index is 0.177. The highest BCUT2D eigenvalue weighted by Gasteiger charge is 2.22. The van der Waals surface area contributed by atoms with Crippen molar-refractivity contribution in [2.24, 2.45) is 11.8 Å². The van der Waals surface area contributed by atoms with E-state index in [-0.39, 0.29) is 23.3 Å². The van der Waals surface area contributed by atoms with Crippen LogP contribution in [-0.2, 0) is 25.7 Å². The lowest BCUT2D eigenvalue weighted by atomic mass is 9.92. The number of thiophene rings is 4. The van der Waals surface area contributed by atoms with Gasteiger partial charge in [0.25, 0.3) is 0 Å². The van der Waals surface area contributed by atoms with Gasteiger partial charge in [-0.1, -0.05) is 184 Å². The molecule has 0 fully saturated rings. The maximum absolute atomic E-state index is 15.8. The summed E-state index contributed by atoms with van der Waals surface area (Å²) in [6, 6.07) is 47.4. The monoisotopic (exact) mass is 1350 g/mol. The molecule has 480 valence electrons. The van der Waals surface area contributed by atoms with Crippen LogP contribution in [0.4, 0.5) is 17.6 Å². The number of nitrogens with zero attached hydrogens (tertiary/aromatic N) is 4. The summed E-state index contributed by atoms with van der Waals surface area (Å²) in [7, 11) is 0. The molecule has 14 heteroatoms. The van der Waals surface area contributed by atoms with Crippen molar-refractivity contribution in [3.8, 4) is 83.5 Å². The molecule has 0 aliphatic rings. The third-order valence-corrected chi connectivity index (χ3v) is 24.4. The van der Waals surface area contributed by atoms with Crippen LogP contribution in [0.15, 0.2) is 146 Å². The Morgan fingerprint density at radius 2 is 0.527 bits per heavy atom. The Balaban J connectivity index is 0.577. The van der Waals surface area contributed by atoms with Crippen LogP contribution in [0.3, 0.4) is 0 Å². The Labute approximate surface area is 570 Å². The van der Waals surface area contributed by atoms with Gasteiger partial charge in [0.15, 0.2) is 0 Å². The summed E-state index contributed by atoms with van der Waals surface area (Å²) in [5.41, 5.74) is 13.7. The van der Waals surface area contributed by atoms with Crippen LogP contribution in [0.5, 0.6) is 0 Å². The molecule has 6 heterocycles. The van der Waals surface area contributed by atoms with Crippen LogP contribution in [-0.4, -0.2) is 17.5 Å². The van der Waals surface area contributed by atoms with Crippen molar-refractivity contribution in [3.63, 3.8) is 0 Å². The second-order valence-electron chi connectivity index (χ2n) is 25.0. The fourth-order valence-corrected chi connectivity index (χ4v) is 18.5. The van der Waals surface area contributed by atoms with Gasteiger partial charge in [-0.3, -0.25) is 0 Å². The summed E-state index contributed by atoms with van der Waals surface area (Å²) < 4.78 is 81.9. The number of unbranched alkanes of at least 4 members (excludes halogenated alkanes) is 8. The SMILES string of the molecule is CCCCC(CC)CCc1ccc(-c2ccc(-c3ccc(-c4ccc(-c5ccc(CCCCCCCCCc6ccc(-c7ccc(-c8ccc(-c9ccc(-c%10ccc(CCC(CC)CCCC)cc%10F)s9)c9nsnc89)s7)c(F)c6)cc5F)s4)c4nsnc34)s2)c(F)c1. The molecule has 0 spiro atoms. The van der Waals surface area contributed by atoms with Gasteiger partial charge in [-0.25, -0.2) is 17.6 Å². The first kappa shape index (κ1) is 66.5. The van der Waals surface area contributed by atoms with Gasteiger partial charge in [0.05, 0.1) is 23.5 Å². The molecule has 0 saturated heterocycles. The van der Waals surface area contributed by atoms with Crippen molar-refractivity contribution in [2.75, 3.05) is 0 Å². The van der Waals surface area contributed by atoms with Gasteiger partial charge in [-0.2, -0.15) is 17.5 Å². The third kappa shape index (κ3) is 15.9. The average molecular weight is 1350 g/mol. The Kier molecular flexibility index (Phi) is 22.7. The number of fused-ring (bicyclic) bond motifs is 2. The molecule has 0 radical (unpaired) electrons. The lowest BCUT2D eigenvalue weighted by Gasteiger charge is -2.14. The van der Waals surface area contributed by atoms with Gasteiger partial charge < -0.3 is 0 Å². The molecule has 6 aromatic carbocycles. The molecule has 0 amide bonds.